The zero-order chi connectivity index (χ0) is 69.5. The first-order valence-electron chi connectivity index (χ1n) is 31.3. The van der Waals surface area contributed by atoms with Crippen LogP contribution in [0.2, 0.25) is 0 Å². The van der Waals surface area contributed by atoms with Crippen molar-refractivity contribution in [3.8, 4) is 0 Å². The second-order valence-electron chi connectivity index (χ2n) is 24.3. The number of amides is 14. The zero-order valence-electron chi connectivity index (χ0n) is 53.7. The molecule has 2 bridgehead atoms. The average Bonchev–Trinajstić information content (AvgIpc) is 1.77. The summed E-state index contributed by atoms with van der Waals surface area (Å²) in [6, 6.07) is 1.22. The van der Waals surface area contributed by atoms with Gasteiger partial charge in [0.1, 0.15) is 48.3 Å². The van der Waals surface area contributed by atoms with E-state index < -0.39 is 194 Å². The predicted octanol–water partition coefficient (Wildman–Crippen LogP) is -3.35. The van der Waals surface area contributed by atoms with Crippen molar-refractivity contribution in [1.29, 1.82) is 0 Å². The van der Waals surface area contributed by atoms with E-state index in [0.717, 1.165) is 21.6 Å². The number of fused-ring (bicyclic) bond motifs is 5. The number of likely N-dealkylation sites (tertiary alicyclic amines) is 1. The van der Waals surface area contributed by atoms with Crippen molar-refractivity contribution in [3.63, 3.8) is 0 Å². The van der Waals surface area contributed by atoms with Crippen LogP contribution in [0.4, 0.5) is 5.69 Å². The maximum Gasteiger partial charge on any atom is 0.246 e. The van der Waals surface area contributed by atoms with Gasteiger partial charge in [0.2, 0.25) is 82.7 Å². The number of anilines is 1. The minimum Gasteiger partial charge on any atom is -0.394 e. The molecule has 0 spiro atoms. The molecule has 7 rings (SSSR count). The third-order valence-corrected chi connectivity index (χ3v) is 19.1. The average molecular weight is 1360 g/mol. The smallest absolute Gasteiger partial charge is 0.246 e. The number of para-hydroxylation sites is 1. The van der Waals surface area contributed by atoms with E-state index >= 15 is 4.79 Å². The zero-order valence-corrected chi connectivity index (χ0v) is 55.3. The second kappa shape index (κ2) is 33.6. The number of carbonyl (C=O) groups is 14. The molecule has 516 valence electrons. The van der Waals surface area contributed by atoms with Gasteiger partial charge >= 0.3 is 0 Å². The number of hydrogen-bond donors (Lipinski definition) is 15. The fourth-order valence-electron chi connectivity index (χ4n) is 11.2. The first-order valence-corrected chi connectivity index (χ1v) is 33.6. The number of thioether (sulfide) groups is 2. The lowest BCUT2D eigenvalue weighted by Gasteiger charge is -2.33. The van der Waals surface area contributed by atoms with Crippen molar-refractivity contribution in [2.45, 2.75) is 157 Å². The van der Waals surface area contributed by atoms with Crippen LogP contribution in [-0.2, 0) is 80.1 Å². The van der Waals surface area contributed by atoms with E-state index in [1.54, 1.807) is 70.3 Å². The number of nitrogens with one attached hydrogen (secondary N) is 12. The van der Waals surface area contributed by atoms with Gasteiger partial charge in [0.15, 0.2) is 0 Å². The molecule has 12 unspecified atom stereocenters. The monoisotopic (exact) mass is 1360 g/mol. The molecule has 0 radical (unpaired) electrons. The highest BCUT2D eigenvalue weighted by Crippen LogP contribution is 2.32. The summed E-state index contributed by atoms with van der Waals surface area (Å²) >= 11 is 2.23. The molecule has 4 aliphatic rings. The van der Waals surface area contributed by atoms with Crippen LogP contribution in [0.25, 0.3) is 10.9 Å². The quantitative estimate of drug-likeness (QED) is 0.0522. The van der Waals surface area contributed by atoms with Crippen LogP contribution >= 0.6 is 23.5 Å². The number of aliphatic hydroxyl groups excluding tert-OH is 3. The van der Waals surface area contributed by atoms with E-state index in [0.29, 0.717) is 33.5 Å². The number of aliphatic hydroxyl groups is 3. The molecule has 3 aromatic rings. The molecule has 14 amide bonds. The van der Waals surface area contributed by atoms with E-state index in [2.05, 4.69) is 63.5 Å². The highest BCUT2D eigenvalue weighted by atomic mass is 32.2. The van der Waals surface area contributed by atoms with Gasteiger partial charge in [-0.05, 0) is 54.3 Å². The third-order valence-electron chi connectivity index (χ3n) is 17.1. The standard InChI is InChI=1S/C62H84N14O17S2/c1-8-30(4)51-57(89)65-24-47(82)68-41-28-95-60-37(36-11-9-10-12-38(36)71-60)20-39(54(86)64-25-48(83)73-51)69-59(91)52(31(5)43(79)27-77)74-56(88)42-19-35(78)26-76(42)61(92)40(70-55(41)87)21-46(81)63-23-33-13-15-34(16-14-33)67-53(85)32(6)66-58(90)50(29(2)3)72-45(80)17-18-75-49(84)22-44(94-7)62(75)93/h9-16,29-32,35,39-44,50-52,71,77-79H,8,17-28H2,1-7H3,(H,63,81)(H,64,86)(H,65,89)(H,66,90)(H,67,85)(H,68,82)(H,69,91)(H,70,87)(H,72,80)(H,73,83)(H,74,88)/t30?,31?,32-,35?,39?,40?,41?,42?,43?,44?,50?,51?,52?/m0/s1. The number of carbonyl (C=O) groups excluding carboxylic acids is 14. The Kier molecular flexibility index (Phi) is 26.1. The summed E-state index contributed by atoms with van der Waals surface area (Å²) in [5.74, 6) is -13.6. The van der Waals surface area contributed by atoms with Crippen LogP contribution < -0.4 is 58.5 Å². The Morgan fingerprint density at radius 1 is 0.737 bits per heavy atom. The minimum atomic E-state index is -1.84. The maximum atomic E-state index is 15.0. The number of imide groups is 1. The van der Waals surface area contributed by atoms with E-state index in [1.807, 2.05) is 0 Å². The third kappa shape index (κ3) is 19.3. The van der Waals surface area contributed by atoms with Crippen molar-refractivity contribution >= 4 is 123 Å². The van der Waals surface area contributed by atoms with Gasteiger partial charge in [-0.25, -0.2) is 0 Å². The van der Waals surface area contributed by atoms with Gasteiger partial charge in [-0.15, -0.1) is 11.8 Å². The van der Waals surface area contributed by atoms with Crippen molar-refractivity contribution in [2.75, 3.05) is 50.1 Å². The van der Waals surface area contributed by atoms with Crippen LogP contribution in [-0.4, -0.2) is 223 Å². The Morgan fingerprint density at radius 2 is 1.42 bits per heavy atom. The van der Waals surface area contributed by atoms with Gasteiger partial charge in [0.25, 0.3) is 0 Å². The summed E-state index contributed by atoms with van der Waals surface area (Å²) < 4.78 is 0. The summed E-state index contributed by atoms with van der Waals surface area (Å²) in [4.78, 5) is 199. The molecule has 13 atom stereocenters. The number of H-pyrrole nitrogens is 1. The molecule has 5 heterocycles. The fraction of sp³-hybridized carbons (Fsp3) is 0.548. The summed E-state index contributed by atoms with van der Waals surface area (Å²) in [7, 11) is 0. The SMILES string of the molecule is CCC(C)C1NC(=O)CNC(=O)C2Cc3c([nH]c4ccccc34)SCC(NC(=O)CNC1=O)C(=O)NC(CC(=O)NCc1ccc(NC(=O)[C@H](C)NC(=O)C(NC(=O)CCN3C(=O)CC(SC)C3=O)C(C)C)cc1)C(=O)N1CC(O)CC1C(=O)NC(C(C)C(O)CO)C(=O)N2. The molecule has 2 saturated heterocycles. The van der Waals surface area contributed by atoms with E-state index in [1.165, 1.54) is 37.7 Å². The van der Waals surface area contributed by atoms with Gasteiger partial charge in [0.05, 0.1) is 48.6 Å². The molecule has 33 heteroatoms. The molecule has 0 aliphatic carbocycles. The van der Waals surface area contributed by atoms with E-state index in [9.17, 15) is 77.6 Å². The van der Waals surface area contributed by atoms with E-state index in [-0.39, 0.29) is 55.6 Å². The number of nitrogens with zero attached hydrogens (tertiary/aromatic N) is 2. The summed E-state index contributed by atoms with van der Waals surface area (Å²) in [5.41, 5.74) is 1.69. The Balaban J connectivity index is 1.13. The summed E-state index contributed by atoms with van der Waals surface area (Å²) in [6.45, 7) is 6.41. The highest BCUT2D eigenvalue weighted by molar-refractivity contribution is 8.00. The predicted molar refractivity (Wildman–Crippen MR) is 345 cm³/mol. The molecule has 31 nitrogen and oxygen atoms in total. The largest absolute Gasteiger partial charge is 0.394 e. The lowest BCUT2D eigenvalue weighted by molar-refractivity contribution is -0.144. The molecule has 15 N–H and O–H groups in total. The molecule has 4 aliphatic heterocycles. The molecule has 2 fully saturated rings. The molecule has 0 saturated carbocycles. The lowest BCUT2D eigenvalue weighted by atomic mass is 9.93. The Labute approximate surface area is 555 Å². The van der Waals surface area contributed by atoms with Crippen LogP contribution in [0.1, 0.15) is 84.8 Å². The summed E-state index contributed by atoms with van der Waals surface area (Å²) in [6.07, 6.45) is -2.70. The van der Waals surface area contributed by atoms with Crippen molar-refractivity contribution < 1.29 is 82.4 Å². The molecular formula is C62H84N14O17S2. The fourth-order valence-corrected chi connectivity index (χ4v) is 12.9. The van der Waals surface area contributed by atoms with Crippen molar-refractivity contribution in [1.82, 2.24) is 68.0 Å². The van der Waals surface area contributed by atoms with Crippen LogP contribution in [0.3, 0.4) is 0 Å². The van der Waals surface area contributed by atoms with E-state index in [4.69, 9.17) is 0 Å². The van der Waals surface area contributed by atoms with Gasteiger partial charge < -0.3 is 83.7 Å². The number of rotatable bonds is 19. The Bertz CT molecular complexity index is 3410. The van der Waals surface area contributed by atoms with Crippen molar-refractivity contribution in [3.05, 3.63) is 59.7 Å². The lowest BCUT2D eigenvalue weighted by Crippen LogP contribution is -2.62. The summed E-state index contributed by atoms with van der Waals surface area (Å²) in [5, 5.41) is 61.1. The first kappa shape index (κ1) is 73.7. The topological polar surface area (TPSA) is 454 Å². The van der Waals surface area contributed by atoms with Gasteiger partial charge in [-0.2, -0.15) is 11.8 Å². The Morgan fingerprint density at radius 3 is 2.08 bits per heavy atom. The second-order valence-corrected chi connectivity index (χ2v) is 26.4. The van der Waals surface area contributed by atoms with Gasteiger partial charge in [0, 0.05) is 73.6 Å². The van der Waals surface area contributed by atoms with Crippen LogP contribution in [0.5, 0.6) is 0 Å². The molecule has 95 heavy (non-hydrogen) atoms. The number of benzene rings is 2. The number of aromatic amines is 1. The van der Waals surface area contributed by atoms with Crippen LogP contribution in [0.15, 0.2) is 53.6 Å². The highest BCUT2D eigenvalue weighted by Gasteiger charge is 2.46. The van der Waals surface area contributed by atoms with Gasteiger partial charge in [-0.3, -0.25) is 72.0 Å². The molecular weight excluding hydrogens is 1280 g/mol. The normalized spacial score (nSPS) is 24.5. The van der Waals surface area contributed by atoms with Crippen molar-refractivity contribution in [2.24, 2.45) is 17.8 Å². The minimum absolute atomic E-state index is 0.0409. The maximum absolute atomic E-state index is 15.0. The first-order chi connectivity index (χ1) is 45.1. The molecule has 2 aromatic carbocycles. The Hall–Kier alpha value is -8.66. The molecule has 1 aromatic heterocycles. The number of aromatic nitrogens is 1. The number of hydrogen-bond acceptors (Lipinski definition) is 19. The van der Waals surface area contributed by atoms with Crippen LogP contribution in [0, 0.1) is 17.8 Å². The van der Waals surface area contributed by atoms with Gasteiger partial charge in [-0.1, -0.05) is 71.4 Å².